The standard InChI is InChI=1S/C21H21N3O3/c1-14-5-10-19-22-12-17(21(26)24(19)13-14)20(25)23-11-3-4-18(23)15-6-8-16(27-2)9-7-15/h5-10,12-13,18H,3-4,11H2,1-2H3. The van der Waals surface area contributed by atoms with Crippen molar-refractivity contribution in [3.05, 3.63) is 75.8 Å². The lowest BCUT2D eigenvalue weighted by molar-refractivity contribution is 0.0733. The minimum Gasteiger partial charge on any atom is -0.497 e. The Hall–Kier alpha value is -3.15. The lowest BCUT2D eigenvalue weighted by atomic mass is 10.0. The molecule has 6 heteroatoms. The lowest BCUT2D eigenvalue weighted by Gasteiger charge is -2.25. The zero-order chi connectivity index (χ0) is 19.0. The SMILES string of the molecule is COc1ccc(C2CCCN2C(=O)c2cnc3ccc(C)cn3c2=O)cc1. The second kappa shape index (κ2) is 6.87. The third-order valence-electron chi connectivity index (χ3n) is 5.09. The first kappa shape index (κ1) is 17.3. The van der Waals surface area contributed by atoms with E-state index in [0.29, 0.717) is 12.2 Å². The van der Waals surface area contributed by atoms with Crippen LogP contribution in [0.5, 0.6) is 5.75 Å². The lowest BCUT2D eigenvalue weighted by Crippen LogP contribution is -2.35. The van der Waals surface area contributed by atoms with E-state index in [1.165, 1.54) is 10.6 Å². The Bertz CT molecular complexity index is 1060. The molecule has 0 radical (unpaired) electrons. The Kier molecular flexibility index (Phi) is 4.39. The molecule has 1 saturated heterocycles. The van der Waals surface area contributed by atoms with E-state index in [1.54, 1.807) is 24.3 Å². The van der Waals surface area contributed by atoms with Crippen molar-refractivity contribution in [1.29, 1.82) is 0 Å². The molecule has 0 aliphatic carbocycles. The molecule has 1 aromatic carbocycles. The molecule has 0 bridgehead atoms. The number of hydrogen-bond donors (Lipinski definition) is 0. The molecule has 27 heavy (non-hydrogen) atoms. The fourth-order valence-electron chi connectivity index (χ4n) is 3.67. The number of rotatable bonds is 3. The van der Waals surface area contributed by atoms with Crippen LogP contribution in [0, 0.1) is 6.92 Å². The van der Waals surface area contributed by atoms with Gasteiger partial charge in [0.2, 0.25) is 0 Å². The summed E-state index contributed by atoms with van der Waals surface area (Å²) in [7, 11) is 1.63. The highest BCUT2D eigenvalue weighted by Gasteiger charge is 2.32. The van der Waals surface area contributed by atoms with Gasteiger partial charge in [-0.15, -0.1) is 0 Å². The molecule has 1 aliphatic rings. The van der Waals surface area contributed by atoms with E-state index in [0.717, 1.165) is 29.7 Å². The monoisotopic (exact) mass is 363 g/mol. The summed E-state index contributed by atoms with van der Waals surface area (Å²) >= 11 is 0. The number of carbonyl (C=O) groups is 1. The van der Waals surface area contributed by atoms with E-state index in [9.17, 15) is 9.59 Å². The molecule has 1 atom stereocenters. The fraction of sp³-hybridized carbons (Fsp3) is 0.286. The van der Waals surface area contributed by atoms with Gasteiger partial charge in [0.25, 0.3) is 11.5 Å². The summed E-state index contributed by atoms with van der Waals surface area (Å²) in [5.74, 6) is 0.517. The van der Waals surface area contributed by atoms with Crippen LogP contribution in [0.4, 0.5) is 0 Å². The molecule has 2 aromatic heterocycles. The number of nitrogens with zero attached hydrogens (tertiary/aromatic N) is 3. The van der Waals surface area contributed by atoms with Crippen LogP contribution in [0.15, 0.2) is 53.6 Å². The Morgan fingerprint density at radius 2 is 1.96 bits per heavy atom. The number of pyridine rings is 1. The number of methoxy groups -OCH3 is 1. The van der Waals surface area contributed by atoms with Crippen LogP contribution in [-0.2, 0) is 0 Å². The summed E-state index contributed by atoms with van der Waals surface area (Å²) < 4.78 is 6.65. The number of fused-ring (bicyclic) bond motifs is 1. The third kappa shape index (κ3) is 3.07. The molecule has 3 heterocycles. The molecule has 0 spiro atoms. The first-order valence-corrected chi connectivity index (χ1v) is 9.01. The van der Waals surface area contributed by atoms with Crippen LogP contribution in [0.25, 0.3) is 5.65 Å². The minimum atomic E-state index is -0.325. The van der Waals surface area contributed by atoms with Crippen LogP contribution in [0.3, 0.4) is 0 Å². The molecule has 4 rings (SSSR count). The van der Waals surface area contributed by atoms with Crippen molar-refractivity contribution in [1.82, 2.24) is 14.3 Å². The molecule has 1 aliphatic heterocycles. The van der Waals surface area contributed by atoms with Gasteiger partial charge >= 0.3 is 0 Å². The molecule has 138 valence electrons. The molecular weight excluding hydrogens is 342 g/mol. The smallest absolute Gasteiger partial charge is 0.270 e. The topological polar surface area (TPSA) is 63.9 Å². The van der Waals surface area contributed by atoms with E-state index in [4.69, 9.17) is 4.74 Å². The molecular formula is C21H21N3O3. The quantitative estimate of drug-likeness (QED) is 0.718. The molecule has 1 unspecified atom stereocenters. The Morgan fingerprint density at radius 3 is 2.70 bits per heavy atom. The number of carbonyl (C=O) groups excluding carboxylic acids is 1. The van der Waals surface area contributed by atoms with Crippen molar-refractivity contribution in [3.8, 4) is 5.75 Å². The average Bonchev–Trinajstić information content (AvgIpc) is 3.18. The molecule has 0 N–H and O–H groups in total. The number of hydrogen-bond acceptors (Lipinski definition) is 4. The van der Waals surface area contributed by atoms with Crippen molar-refractivity contribution in [2.24, 2.45) is 0 Å². The molecule has 1 fully saturated rings. The van der Waals surface area contributed by atoms with Gasteiger partial charge in [0, 0.05) is 18.9 Å². The third-order valence-corrected chi connectivity index (χ3v) is 5.09. The minimum absolute atomic E-state index is 0.0407. The van der Waals surface area contributed by atoms with Crippen LogP contribution >= 0.6 is 0 Å². The Morgan fingerprint density at radius 1 is 1.19 bits per heavy atom. The van der Waals surface area contributed by atoms with Crippen molar-refractivity contribution in [2.75, 3.05) is 13.7 Å². The van der Waals surface area contributed by atoms with Gasteiger partial charge in [0.15, 0.2) is 0 Å². The van der Waals surface area contributed by atoms with Crippen molar-refractivity contribution >= 4 is 11.6 Å². The molecule has 1 amide bonds. The Labute approximate surface area is 157 Å². The fourth-order valence-corrected chi connectivity index (χ4v) is 3.67. The number of aromatic nitrogens is 2. The highest BCUT2D eigenvalue weighted by Crippen LogP contribution is 2.33. The highest BCUT2D eigenvalue weighted by molar-refractivity contribution is 5.94. The highest BCUT2D eigenvalue weighted by atomic mass is 16.5. The van der Waals surface area contributed by atoms with Crippen molar-refractivity contribution in [2.45, 2.75) is 25.8 Å². The second-order valence-corrected chi connectivity index (χ2v) is 6.84. The van der Waals surface area contributed by atoms with E-state index < -0.39 is 0 Å². The van der Waals surface area contributed by atoms with Crippen LogP contribution in [-0.4, -0.2) is 33.8 Å². The summed E-state index contributed by atoms with van der Waals surface area (Å²) in [4.78, 5) is 32.1. The second-order valence-electron chi connectivity index (χ2n) is 6.84. The summed E-state index contributed by atoms with van der Waals surface area (Å²) in [6.07, 6.45) is 4.90. The van der Waals surface area contributed by atoms with E-state index in [2.05, 4.69) is 4.98 Å². The summed E-state index contributed by atoms with van der Waals surface area (Å²) in [5.41, 5.74) is 2.31. The average molecular weight is 363 g/mol. The van der Waals surface area contributed by atoms with Gasteiger partial charge in [-0.2, -0.15) is 0 Å². The van der Waals surface area contributed by atoms with Gasteiger partial charge in [-0.3, -0.25) is 14.0 Å². The van der Waals surface area contributed by atoms with Crippen LogP contribution in [0.1, 0.15) is 40.4 Å². The number of ether oxygens (including phenoxy) is 1. The predicted octanol–water partition coefficient (Wildman–Crippen LogP) is 2.99. The summed E-state index contributed by atoms with van der Waals surface area (Å²) in [5, 5.41) is 0. The van der Waals surface area contributed by atoms with Gasteiger partial charge in [-0.1, -0.05) is 18.2 Å². The van der Waals surface area contributed by atoms with Crippen LogP contribution in [0.2, 0.25) is 0 Å². The zero-order valence-electron chi connectivity index (χ0n) is 15.4. The van der Waals surface area contributed by atoms with Gasteiger partial charge < -0.3 is 9.64 Å². The maximum Gasteiger partial charge on any atom is 0.270 e. The van der Waals surface area contributed by atoms with Gasteiger partial charge in [-0.25, -0.2) is 4.98 Å². The first-order valence-electron chi connectivity index (χ1n) is 9.01. The van der Waals surface area contributed by atoms with Gasteiger partial charge in [-0.05, 0) is 49.1 Å². The number of benzene rings is 1. The zero-order valence-corrected chi connectivity index (χ0v) is 15.4. The molecule has 3 aromatic rings. The molecule has 0 saturated carbocycles. The summed E-state index contributed by atoms with van der Waals surface area (Å²) in [6, 6.07) is 11.4. The number of amides is 1. The maximum atomic E-state index is 13.2. The van der Waals surface area contributed by atoms with E-state index in [1.807, 2.05) is 37.3 Å². The van der Waals surface area contributed by atoms with Gasteiger partial charge in [0.1, 0.15) is 17.0 Å². The maximum absolute atomic E-state index is 13.2. The normalized spacial score (nSPS) is 16.7. The van der Waals surface area contributed by atoms with E-state index in [-0.39, 0.29) is 23.1 Å². The molecule has 6 nitrogen and oxygen atoms in total. The predicted molar refractivity (Wildman–Crippen MR) is 102 cm³/mol. The first-order chi connectivity index (χ1) is 13.1. The Balaban J connectivity index is 1.70. The summed E-state index contributed by atoms with van der Waals surface area (Å²) in [6.45, 7) is 2.53. The van der Waals surface area contributed by atoms with E-state index >= 15 is 0 Å². The van der Waals surface area contributed by atoms with Crippen molar-refractivity contribution < 1.29 is 9.53 Å². The van der Waals surface area contributed by atoms with Gasteiger partial charge in [0.05, 0.1) is 13.2 Å². The largest absolute Gasteiger partial charge is 0.497 e. The number of aryl methyl sites for hydroxylation is 1. The van der Waals surface area contributed by atoms with Crippen molar-refractivity contribution in [3.63, 3.8) is 0 Å². The van der Waals surface area contributed by atoms with Crippen LogP contribution < -0.4 is 10.3 Å². The number of likely N-dealkylation sites (tertiary alicyclic amines) is 1.